The van der Waals surface area contributed by atoms with Crippen molar-refractivity contribution in [2.45, 2.75) is 6.42 Å². The van der Waals surface area contributed by atoms with Gasteiger partial charge in [-0.3, -0.25) is 4.79 Å². The molecular weight excluding hydrogens is 346 g/mol. The van der Waals surface area contributed by atoms with Gasteiger partial charge in [-0.25, -0.2) is 0 Å². The van der Waals surface area contributed by atoms with Gasteiger partial charge in [0, 0.05) is 37.8 Å². The van der Waals surface area contributed by atoms with Crippen molar-refractivity contribution in [3.05, 3.63) is 52.0 Å². The minimum absolute atomic E-state index is 0.572. The molecule has 0 saturated carbocycles. The fourth-order valence-corrected chi connectivity index (χ4v) is 4.68. The number of benzene rings is 1. The van der Waals surface area contributed by atoms with E-state index in [-0.39, 0.29) is 0 Å². The van der Waals surface area contributed by atoms with E-state index in [0.717, 1.165) is 41.2 Å². The molecule has 0 atom stereocenters. The number of fused-ring (bicyclic) bond motifs is 1. The summed E-state index contributed by atoms with van der Waals surface area (Å²) in [7, 11) is 2.03. The number of carbonyl (C=O) groups is 1. The molecule has 0 amide bonds. The Kier molecular flexibility index (Phi) is 4.49. The van der Waals surface area contributed by atoms with Gasteiger partial charge in [-0.2, -0.15) is 5.26 Å². The standard InChI is InChI=1S/C20H19N3O2S/c1-22-15(10-14-4-2-3-5-18(14)22)11-16-17(12-21)20(26-19(16)13-24)23-6-8-25-9-7-23/h2-5,10,13H,6-9,11H2,1H3. The number of rotatable bonds is 4. The summed E-state index contributed by atoms with van der Waals surface area (Å²) in [6.45, 7) is 2.80. The smallest absolute Gasteiger partial charge is 0.160 e. The summed E-state index contributed by atoms with van der Waals surface area (Å²) in [4.78, 5) is 14.5. The highest BCUT2D eigenvalue weighted by molar-refractivity contribution is 7.18. The number of aromatic nitrogens is 1. The fourth-order valence-electron chi connectivity index (χ4n) is 3.54. The molecule has 1 aromatic carbocycles. The van der Waals surface area contributed by atoms with Gasteiger partial charge in [-0.05, 0) is 23.1 Å². The number of nitrogens with zero attached hydrogens (tertiary/aromatic N) is 3. The number of nitriles is 1. The third-order valence-corrected chi connectivity index (χ3v) is 6.16. The molecule has 1 aliphatic rings. The molecule has 0 N–H and O–H groups in total. The lowest BCUT2D eigenvalue weighted by Crippen LogP contribution is -2.36. The van der Waals surface area contributed by atoms with Crippen molar-refractivity contribution in [3.63, 3.8) is 0 Å². The van der Waals surface area contributed by atoms with E-state index in [1.807, 2.05) is 19.2 Å². The zero-order valence-corrected chi connectivity index (χ0v) is 15.4. The Hall–Kier alpha value is -2.62. The van der Waals surface area contributed by atoms with Crippen LogP contribution in [0, 0.1) is 11.3 Å². The van der Waals surface area contributed by atoms with E-state index in [0.29, 0.717) is 30.1 Å². The molecule has 0 bridgehead atoms. The van der Waals surface area contributed by atoms with Crippen LogP contribution in [-0.4, -0.2) is 37.2 Å². The van der Waals surface area contributed by atoms with Gasteiger partial charge in [0.15, 0.2) is 6.29 Å². The summed E-state index contributed by atoms with van der Waals surface area (Å²) in [6.07, 6.45) is 1.45. The van der Waals surface area contributed by atoms with Gasteiger partial charge in [0.25, 0.3) is 0 Å². The van der Waals surface area contributed by atoms with Crippen LogP contribution in [0.25, 0.3) is 10.9 Å². The minimum atomic E-state index is 0.572. The highest BCUT2D eigenvalue weighted by atomic mass is 32.1. The first-order valence-electron chi connectivity index (χ1n) is 8.60. The number of thiophene rings is 1. The molecule has 1 aliphatic heterocycles. The number of carbonyl (C=O) groups excluding carboxylic acids is 1. The van der Waals surface area contributed by atoms with Crippen molar-refractivity contribution in [2.75, 3.05) is 31.2 Å². The second kappa shape index (κ2) is 6.94. The normalized spacial score (nSPS) is 14.5. The van der Waals surface area contributed by atoms with Gasteiger partial charge in [-0.1, -0.05) is 18.2 Å². The topological polar surface area (TPSA) is 58.3 Å². The predicted molar refractivity (Wildman–Crippen MR) is 103 cm³/mol. The lowest BCUT2D eigenvalue weighted by Gasteiger charge is -2.27. The third-order valence-electron chi connectivity index (χ3n) is 4.95. The number of hydrogen-bond donors (Lipinski definition) is 0. The number of aldehydes is 1. The zero-order valence-electron chi connectivity index (χ0n) is 14.6. The molecule has 5 nitrogen and oxygen atoms in total. The SMILES string of the molecule is Cn1c(Cc2c(C=O)sc(N3CCOCC3)c2C#N)cc2ccccc21. The van der Waals surface area contributed by atoms with Crippen LogP contribution in [-0.2, 0) is 18.2 Å². The Balaban J connectivity index is 1.77. The largest absolute Gasteiger partial charge is 0.378 e. The van der Waals surface area contributed by atoms with Crippen LogP contribution in [0.1, 0.15) is 26.5 Å². The summed E-state index contributed by atoms with van der Waals surface area (Å²) in [5.74, 6) is 0. The Morgan fingerprint density at radius 3 is 2.77 bits per heavy atom. The summed E-state index contributed by atoms with van der Waals surface area (Å²) in [5, 5.41) is 11.9. The van der Waals surface area contributed by atoms with Gasteiger partial charge in [0.05, 0.1) is 23.7 Å². The number of morpholine rings is 1. The van der Waals surface area contributed by atoms with E-state index >= 15 is 0 Å². The lowest BCUT2D eigenvalue weighted by molar-refractivity contribution is 0.112. The van der Waals surface area contributed by atoms with Crippen molar-refractivity contribution in [1.82, 2.24) is 4.57 Å². The quantitative estimate of drug-likeness (QED) is 0.665. The van der Waals surface area contributed by atoms with E-state index in [9.17, 15) is 10.1 Å². The van der Waals surface area contributed by atoms with Crippen molar-refractivity contribution >= 4 is 33.5 Å². The van der Waals surface area contributed by atoms with Gasteiger partial charge < -0.3 is 14.2 Å². The molecule has 132 valence electrons. The van der Waals surface area contributed by atoms with Crippen molar-refractivity contribution in [2.24, 2.45) is 7.05 Å². The molecular formula is C20H19N3O2S. The monoisotopic (exact) mass is 365 g/mol. The third kappa shape index (κ3) is 2.79. The summed E-state index contributed by atoms with van der Waals surface area (Å²) in [5.41, 5.74) is 3.71. The van der Waals surface area contributed by atoms with E-state index < -0.39 is 0 Å². The van der Waals surface area contributed by atoms with Crippen molar-refractivity contribution in [1.29, 1.82) is 5.26 Å². The molecule has 0 unspecified atom stereocenters. The molecule has 0 spiro atoms. The van der Waals surface area contributed by atoms with E-state index in [1.54, 1.807) is 0 Å². The Bertz CT molecular complexity index is 1010. The maximum absolute atomic E-state index is 11.7. The Labute approximate surface area is 156 Å². The molecule has 26 heavy (non-hydrogen) atoms. The fraction of sp³-hybridized carbons (Fsp3) is 0.300. The second-order valence-electron chi connectivity index (χ2n) is 6.38. The Morgan fingerprint density at radius 1 is 1.31 bits per heavy atom. The Morgan fingerprint density at radius 2 is 2.08 bits per heavy atom. The minimum Gasteiger partial charge on any atom is -0.378 e. The van der Waals surface area contributed by atoms with Crippen LogP contribution < -0.4 is 4.90 Å². The van der Waals surface area contributed by atoms with Gasteiger partial charge in [-0.15, -0.1) is 11.3 Å². The second-order valence-corrected chi connectivity index (χ2v) is 7.42. The van der Waals surface area contributed by atoms with Gasteiger partial charge in [0.2, 0.25) is 0 Å². The lowest BCUT2D eigenvalue weighted by atomic mass is 10.1. The number of anilines is 1. The first-order valence-corrected chi connectivity index (χ1v) is 9.41. The first-order chi connectivity index (χ1) is 12.7. The van der Waals surface area contributed by atoms with Crippen LogP contribution in [0.4, 0.5) is 5.00 Å². The van der Waals surface area contributed by atoms with Gasteiger partial charge in [0.1, 0.15) is 11.1 Å². The average molecular weight is 365 g/mol. The molecule has 0 aliphatic carbocycles. The molecule has 0 radical (unpaired) electrons. The number of para-hydroxylation sites is 1. The highest BCUT2D eigenvalue weighted by Gasteiger charge is 2.24. The molecule has 1 fully saturated rings. The van der Waals surface area contributed by atoms with Crippen LogP contribution in [0.15, 0.2) is 30.3 Å². The van der Waals surface area contributed by atoms with Crippen molar-refractivity contribution in [3.8, 4) is 6.07 Å². The molecule has 6 heteroatoms. The molecule has 1 saturated heterocycles. The number of aryl methyl sites for hydroxylation is 1. The summed E-state index contributed by atoms with van der Waals surface area (Å²) >= 11 is 1.42. The molecule has 4 rings (SSSR count). The highest BCUT2D eigenvalue weighted by Crippen LogP contribution is 2.37. The van der Waals surface area contributed by atoms with E-state index in [4.69, 9.17) is 4.74 Å². The van der Waals surface area contributed by atoms with Gasteiger partial charge >= 0.3 is 0 Å². The van der Waals surface area contributed by atoms with Crippen LogP contribution in [0.3, 0.4) is 0 Å². The maximum Gasteiger partial charge on any atom is 0.160 e. The summed E-state index contributed by atoms with van der Waals surface area (Å²) < 4.78 is 7.55. The average Bonchev–Trinajstić information content (AvgIpc) is 3.20. The van der Waals surface area contributed by atoms with Crippen LogP contribution in [0.5, 0.6) is 0 Å². The van der Waals surface area contributed by atoms with E-state index in [2.05, 4.69) is 33.7 Å². The molecule has 3 aromatic rings. The van der Waals surface area contributed by atoms with E-state index in [1.165, 1.54) is 16.7 Å². The maximum atomic E-state index is 11.7. The van der Waals surface area contributed by atoms with Crippen LogP contribution in [0.2, 0.25) is 0 Å². The molecule has 3 heterocycles. The predicted octanol–water partition coefficient (Wildman–Crippen LogP) is 3.35. The van der Waals surface area contributed by atoms with Crippen molar-refractivity contribution < 1.29 is 9.53 Å². The number of ether oxygens (including phenoxy) is 1. The number of hydrogen-bond acceptors (Lipinski definition) is 5. The van der Waals surface area contributed by atoms with Crippen LogP contribution >= 0.6 is 11.3 Å². The zero-order chi connectivity index (χ0) is 18.1. The first kappa shape index (κ1) is 16.8. The summed E-state index contributed by atoms with van der Waals surface area (Å²) in [6, 6.07) is 12.7. The molecule has 2 aromatic heterocycles.